The van der Waals surface area contributed by atoms with Gasteiger partial charge in [-0.15, -0.1) is 0 Å². The van der Waals surface area contributed by atoms with Crippen molar-refractivity contribution in [2.24, 2.45) is 0 Å². The van der Waals surface area contributed by atoms with Crippen LogP contribution in [0.4, 0.5) is 0 Å². The molecular formula is C18H21NO3. The molecule has 1 N–H and O–H groups in total. The average molecular weight is 299 g/mol. The lowest BCUT2D eigenvalue weighted by Gasteiger charge is -2.11. The van der Waals surface area contributed by atoms with E-state index in [-0.39, 0.29) is 23.4 Å². The first-order valence-electron chi connectivity index (χ1n) is 7.58. The normalized spacial score (nSPS) is 12.0. The van der Waals surface area contributed by atoms with Crippen molar-refractivity contribution in [3.8, 4) is 0 Å². The number of carbonyl (C=O) groups excluding carboxylic acids is 2. The molecule has 4 heteroatoms. The first kappa shape index (κ1) is 16.0. The second-order valence-corrected chi connectivity index (χ2v) is 5.16. The van der Waals surface area contributed by atoms with Gasteiger partial charge in [0.2, 0.25) is 0 Å². The number of hydrogen-bond acceptors (Lipinski definition) is 3. The van der Waals surface area contributed by atoms with Crippen molar-refractivity contribution < 1.29 is 14.0 Å². The maximum atomic E-state index is 12.2. The molecule has 116 valence electrons. The van der Waals surface area contributed by atoms with Gasteiger partial charge in [-0.1, -0.05) is 44.2 Å². The third-order valence-corrected chi connectivity index (χ3v) is 3.63. The van der Waals surface area contributed by atoms with Crippen LogP contribution in [-0.4, -0.2) is 18.2 Å². The molecule has 1 atom stereocenters. The Balaban J connectivity index is 2.45. The number of benzene rings is 1. The van der Waals surface area contributed by atoms with Crippen molar-refractivity contribution in [3.63, 3.8) is 0 Å². The second kappa shape index (κ2) is 7.07. The van der Waals surface area contributed by atoms with Crippen molar-refractivity contribution in [1.82, 2.24) is 5.32 Å². The van der Waals surface area contributed by atoms with Gasteiger partial charge in [0, 0.05) is 24.9 Å². The molecule has 0 spiro atoms. The highest BCUT2D eigenvalue weighted by atomic mass is 16.3. The molecule has 1 aromatic heterocycles. The maximum Gasteiger partial charge on any atom is 0.254 e. The predicted molar refractivity (Wildman–Crippen MR) is 85.3 cm³/mol. The quantitative estimate of drug-likeness (QED) is 0.826. The Morgan fingerprint density at radius 2 is 1.86 bits per heavy atom. The highest BCUT2D eigenvalue weighted by Gasteiger charge is 2.24. The molecule has 0 unspecified atom stereocenters. The highest BCUT2D eigenvalue weighted by molar-refractivity contribution is 6.00. The van der Waals surface area contributed by atoms with E-state index in [0.29, 0.717) is 24.3 Å². The minimum atomic E-state index is -0.209. The number of Topliss-reactive ketones (excluding diaryl/α,β-unsaturated/α-hetero) is 1. The van der Waals surface area contributed by atoms with Crippen molar-refractivity contribution in [1.29, 1.82) is 0 Å². The van der Waals surface area contributed by atoms with Crippen LogP contribution < -0.4 is 5.32 Å². The molecule has 2 rings (SSSR count). The minimum absolute atomic E-state index is 0.0998. The number of hydrogen-bond donors (Lipinski definition) is 1. The van der Waals surface area contributed by atoms with Crippen LogP contribution in [0.15, 0.2) is 40.8 Å². The molecule has 22 heavy (non-hydrogen) atoms. The van der Waals surface area contributed by atoms with Gasteiger partial charge in [0.05, 0.1) is 5.56 Å². The molecular weight excluding hydrogens is 278 g/mol. The first-order valence-corrected chi connectivity index (χ1v) is 7.58. The average Bonchev–Trinajstić information content (AvgIpc) is 2.99. The number of nitrogens with one attached hydrogen (secondary N) is 1. The van der Waals surface area contributed by atoms with Gasteiger partial charge in [-0.25, -0.2) is 0 Å². The third kappa shape index (κ3) is 3.27. The summed E-state index contributed by atoms with van der Waals surface area (Å²) >= 11 is 0. The van der Waals surface area contributed by atoms with Gasteiger partial charge in [0.1, 0.15) is 5.76 Å². The summed E-state index contributed by atoms with van der Waals surface area (Å²) in [7, 11) is 0. The minimum Gasteiger partial charge on any atom is -0.456 e. The molecule has 0 radical (unpaired) electrons. The van der Waals surface area contributed by atoms with Gasteiger partial charge in [0.15, 0.2) is 11.5 Å². The van der Waals surface area contributed by atoms with Crippen LogP contribution in [0.3, 0.4) is 0 Å². The van der Waals surface area contributed by atoms with Crippen LogP contribution in [-0.2, 0) is 0 Å². The largest absolute Gasteiger partial charge is 0.456 e. The number of carbonyl (C=O) groups is 2. The van der Waals surface area contributed by atoms with E-state index in [1.165, 1.54) is 0 Å². The Bertz CT molecular complexity index is 658. The third-order valence-electron chi connectivity index (χ3n) is 3.63. The maximum absolute atomic E-state index is 12.2. The van der Waals surface area contributed by atoms with E-state index in [1.807, 2.05) is 44.2 Å². The van der Waals surface area contributed by atoms with Gasteiger partial charge in [-0.3, -0.25) is 9.59 Å². The number of amides is 1. The summed E-state index contributed by atoms with van der Waals surface area (Å²) in [4.78, 5) is 24.1. The Kier molecular flexibility index (Phi) is 5.15. The molecule has 1 amide bonds. The van der Waals surface area contributed by atoms with Gasteiger partial charge in [-0.05, 0) is 12.5 Å². The summed E-state index contributed by atoms with van der Waals surface area (Å²) in [5.74, 6) is 0.379. The summed E-state index contributed by atoms with van der Waals surface area (Å²) < 4.78 is 5.74. The zero-order valence-electron chi connectivity index (χ0n) is 13.2. The molecule has 0 fully saturated rings. The van der Waals surface area contributed by atoms with E-state index in [1.54, 1.807) is 13.0 Å². The molecule has 0 saturated carbocycles. The molecule has 0 aliphatic heterocycles. The van der Waals surface area contributed by atoms with E-state index in [9.17, 15) is 9.59 Å². The lowest BCUT2D eigenvalue weighted by molar-refractivity contribution is 0.0946. The number of furan rings is 1. The summed E-state index contributed by atoms with van der Waals surface area (Å²) in [6.45, 7) is 6.13. The molecule has 0 bridgehead atoms. The Morgan fingerprint density at radius 3 is 2.45 bits per heavy atom. The molecule has 4 nitrogen and oxygen atoms in total. The van der Waals surface area contributed by atoms with Gasteiger partial charge >= 0.3 is 0 Å². The monoisotopic (exact) mass is 299 g/mol. The van der Waals surface area contributed by atoms with Crippen molar-refractivity contribution >= 4 is 11.7 Å². The van der Waals surface area contributed by atoms with Crippen LogP contribution in [0.5, 0.6) is 0 Å². The fourth-order valence-electron chi connectivity index (χ4n) is 2.36. The zero-order valence-corrected chi connectivity index (χ0v) is 13.2. The summed E-state index contributed by atoms with van der Waals surface area (Å²) in [5, 5.41) is 2.77. The Labute approximate surface area is 130 Å². The fourth-order valence-corrected chi connectivity index (χ4v) is 2.36. The van der Waals surface area contributed by atoms with Crippen molar-refractivity contribution in [2.45, 2.75) is 33.1 Å². The van der Waals surface area contributed by atoms with E-state index < -0.39 is 0 Å². The predicted octanol–water partition coefficient (Wildman–Crippen LogP) is 3.77. The standard InChI is InChI=1S/C18H21NO3/c1-4-15(20)16-11-14(18(21)19-5-2)17(22-16)12(3)13-9-7-6-8-10-13/h6-12H,4-5H2,1-3H3,(H,19,21)/t12-/m0/s1. The van der Waals surface area contributed by atoms with Gasteiger partial charge in [-0.2, -0.15) is 0 Å². The topological polar surface area (TPSA) is 59.3 Å². The zero-order chi connectivity index (χ0) is 16.1. The van der Waals surface area contributed by atoms with Gasteiger partial charge < -0.3 is 9.73 Å². The van der Waals surface area contributed by atoms with Crippen LogP contribution in [0, 0.1) is 0 Å². The Morgan fingerprint density at radius 1 is 1.18 bits per heavy atom. The van der Waals surface area contributed by atoms with E-state index in [4.69, 9.17) is 4.42 Å². The lowest BCUT2D eigenvalue weighted by atomic mass is 9.96. The van der Waals surface area contributed by atoms with Crippen LogP contribution in [0.1, 0.15) is 65.3 Å². The molecule has 0 saturated heterocycles. The summed E-state index contributed by atoms with van der Waals surface area (Å²) in [6.07, 6.45) is 0.349. The van der Waals surface area contributed by atoms with Crippen molar-refractivity contribution in [2.75, 3.05) is 6.54 Å². The van der Waals surface area contributed by atoms with Crippen LogP contribution in [0.25, 0.3) is 0 Å². The highest BCUT2D eigenvalue weighted by Crippen LogP contribution is 2.30. The second-order valence-electron chi connectivity index (χ2n) is 5.16. The van der Waals surface area contributed by atoms with Gasteiger partial charge in [0.25, 0.3) is 5.91 Å². The molecule has 0 aliphatic rings. The first-order chi connectivity index (χ1) is 10.6. The van der Waals surface area contributed by atoms with E-state index in [2.05, 4.69) is 5.32 Å². The van der Waals surface area contributed by atoms with Crippen LogP contribution >= 0.6 is 0 Å². The van der Waals surface area contributed by atoms with Crippen LogP contribution in [0.2, 0.25) is 0 Å². The number of rotatable bonds is 6. The SMILES string of the molecule is CCNC(=O)c1cc(C(=O)CC)oc1[C@@H](C)c1ccccc1. The van der Waals surface area contributed by atoms with Crippen molar-refractivity contribution in [3.05, 3.63) is 59.0 Å². The summed E-state index contributed by atoms with van der Waals surface area (Å²) in [6, 6.07) is 11.4. The molecule has 1 aromatic carbocycles. The lowest BCUT2D eigenvalue weighted by Crippen LogP contribution is -2.23. The Hall–Kier alpha value is -2.36. The summed E-state index contributed by atoms with van der Waals surface area (Å²) in [5.41, 5.74) is 1.48. The fraction of sp³-hybridized carbons (Fsp3) is 0.333. The number of ketones is 1. The molecule has 1 heterocycles. The van der Waals surface area contributed by atoms with E-state index in [0.717, 1.165) is 5.56 Å². The molecule has 0 aliphatic carbocycles. The van der Waals surface area contributed by atoms with E-state index >= 15 is 0 Å². The molecule has 2 aromatic rings. The smallest absolute Gasteiger partial charge is 0.254 e.